The molecule has 2 fully saturated rings. The smallest absolute Gasteiger partial charge is 0.223 e. The first-order chi connectivity index (χ1) is 8.35. The highest BCUT2D eigenvalue weighted by atomic mass is 32.2. The van der Waals surface area contributed by atoms with Crippen LogP contribution in [0.3, 0.4) is 0 Å². The molecule has 104 valence electrons. The first-order valence-corrected chi connectivity index (χ1v) is 8.52. The quantitative estimate of drug-likeness (QED) is 0.789. The van der Waals surface area contributed by atoms with E-state index in [2.05, 4.69) is 17.0 Å². The molecule has 2 atom stereocenters. The highest BCUT2D eigenvalue weighted by Gasteiger charge is 2.40. The summed E-state index contributed by atoms with van der Waals surface area (Å²) < 4.78 is 24.9. The molecule has 2 N–H and O–H groups in total. The Bertz CT molecular complexity index is 413. The van der Waals surface area contributed by atoms with Crippen molar-refractivity contribution in [1.82, 2.24) is 10.0 Å². The average Bonchev–Trinajstić information content (AvgIpc) is 2.96. The van der Waals surface area contributed by atoms with Gasteiger partial charge in [0.2, 0.25) is 15.9 Å². The fourth-order valence-electron chi connectivity index (χ4n) is 2.65. The third-order valence-electron chi connectivity index (χ3n) is 3.90. The van der Waals surface area contributed by atoms with Gasteiger partial charge in [0.05, 0.1) is 6.26 Å². The minimum atomic E-state index is -3.11. The minimum absolute atomic E-state index is 0.0352. The number of carbonyl (C=O) groups is 1. The van der Waals surface area contributed by atoms with Crippen molar-refractivity contribution in [3.63, 3.8) is 0 Å². The third kappa shape index (κ3) is 3.95. The van der Waals surface area contributed by atoms with Crippen LogP contribution in [-0.2, 0) is 14.8 Å². The van der Waals surface area contributed by atoms with E-state index in [1.54, 1.807) is 0 Å². The molecule has 18 heavy (non-hydrogen) atoms. The molecule has 2 aliphatic carbocycles. The number of nitrogens with one attached hydrogen (secondary N) is 2. The molecule has 0 radical (unpaired) electrons. The van der Waals surface area contributed by atoms with E-state index in [-0.39, 0.29) is 23.9 Å². The Kier molecular flexibility index (Phi) is 3.96. The van der Waals surface area contributed by atoms with Crippen LogP contribution < -0.4 is 10.0 Å². The summed E-state index contributed by atoms with van der Waals surface area (Å²) >= 11 is 0. The maximum absolute atomic E-state index is 11.8. The summed E-state index contributed by atoms with van der Waals surface area (Å²) in [5.74, 6) is 0.937. The predicted molar refractivity (Wildman–Crippen MR) is 69.4 cm³/mol. The van der Waals surface area contributed by atoms with E-state index in [0.717, 1.165) is 32.1 Å². The average molecular weight is 274 g/mol. The van der Waals surface area contributed by atoms with Crippen LogP contribution >= 0.6 is 0 Å². The van der Waals surface area contributed by atoms with Gasteiger partial charge < -0.3 is 5.32 Å². The van der Waals surface area contributed by atoms with Crippen molar-refractivity contribution in [3.8, 4) is 0 Å². The first kappa shape index (κ1) is 13.8. The Morgan fingerprint density at radius 3 is 2.06 bits per heavy atom. The van der Waals surface area contributed by atoms with Crippen molar-refractivity contribution in [2.24, 2.45) is 11.8 Å². The summed E-state index contributed by atoms with van der Waals surface area (Å²) in [5, 5.41) is 3.08. The maximum Gasteiger partial charge on any atom is 0.223 e. The molecule has 0 aromatic heterocycles. The molecule has 0 heterocycles. The predicted octanol–water partition coefficient (Wildman–Crippen LogP) is 0.619. The topological polar surface area (TPSA) is 75.3 Å². The van der Waals surface area contributed by atoms with Crippen LogP contribution in [0.5, 0.6) is 0 Å². The molecule has 0 saturated heterocycles. The van der Waals surface area contributed by atoms with Crippen molar-refractivity contribution in [2.75, 3.05) is 6.26 Å². The molecule has 0 bridgehead atoms. The SMILES string of the molecule is C[C@H]1C[C@@H]1C(=O)NC1CCC(NS(C)(=O)=O)CC1. The fraction of sp³-hybridized carbons (Fsp3) is 0.917. The Hall–Kier alpha value is -0.620. The molecule has 0 aromatic carbocycles. The molecule has 2 saturated carbocycles. The molecule has 5 nitrogen and oxygen atoms in total. The van der Waals surface area contributed by atoms with Gasteiger partial charge in [-0.3, -0.25) is 4.79 Å². The molecule has 0 spiro atoms. The summed E-state index contributed by atoms with van der Waals surface area (Å²) in [6.45, 7) is 2.09. The number of amides is 1. The van der Waals surface area contributed by atoms with Gasteiger partial charge in [0.25, 0.3) is 0 Å². The van der Waals surface area contributed by atoms with Gasteiger partial charge in [0, 0.05) is 18.0 Å². The number of hydrogen-bond donors (Lipinski definition) is 2. The Balaban J connectivity index is 1.72. The lowest BCUT2D eigenvalue weighted by molar-refractivity contribution is -0.123. The van der Waals surface area contributed by atoms with Crippen LogP contribution in [0.2, 0.25) is 0 Å². The van der Waals surface area contributed by atoms with Crippen molar-refractivity contribution in [2.45, 2.75) is 51.1 Å². The van der Waals surface area contributed by atoms with Gasteiger partial charge in [0.1, 0.15) is 0 Å². The maximum atomic E-state index is 11.8. The van der Waals surface area contributed by atoms with E-state index >= 15 is 0 Å². The van der Waals surface area contributed by atoms with Crippen LogP contribution in [-0.4, -0.2) is 32.7 Å². The largest absolute Gasteiger partial charge is 0.353 e. The third-order valence-corrected chi connectivity index (χ3v) is 4.66. The highest BCUT2D eigenvalue weighted by molar-refractivity contribution is 7.88. The van der Waals surface area contributed by atoms with Crippen molar-refractivity contribution in [3.05, 3.63) is 0 Å². The van der Waals surface area contributed by atoms with Gasteiger partial charge in [-0.1, -0.05) is 6.92 Å². The summed E-state index contributed by atoms with van der Waals surface area (Å²) in [5.41, 5.74) is 0. The second-order valence-electron chi connectivity index (χ2n) is 5.77. The van der Waals surface area contributed by atoms with Crippen LogP contribution in [0.1, 0.15) is 39.0 Å². The van der Waals surface area contributed by atoms with Crippen LogP contribution in [0.15, 0.2) is 0 Å². The molecule has 6 heteroatoms. The molecule has 0 aromatic rings. The lowest BCUT2D eigenvalue weighted by Crippen LogP contribution is -2.44. The minimum Gasteiger partial charge on any atom is -0.353 e. The standard InChI is InChI=1S/C12H22N2O3S/c1-8-7-11(8)12(15)13-9-3-5-10(6-4-9)14-18(2,16)17/h8-11,14H,3-7H2,1-2H3,(H,13,15)/t8-,9?,10?,11-/m0/s1. The summed E-state index contributed by atoms with van der Waals surface area (Å²) in [7, 11) is -3.11. The monoisotopic (exact) mass is 274 g/mol. The Morgan fingerprint density at radius 2 is 1.61 bits per heavy atom. The van der Waals surface area contributed by atoms with E-state index in [1.807, 2.05) is 0 Å². The number of hydrogen-bond acceptors (Lipinski definition) is 3. The van der Waals surface area contributed by atoms with Gasteiger partial charge in [0.15, 0.2) is 0 Å². The Labute approximate surface area is 109 Å². The highest BCUT2D eigenvalue weighted by Crippen LogP contribution is 2.38. The zero-order valence-corrected chi connectivity index (χ0v) is 11.8. The molecular formula is C12H22N2O3S. The molecule has 0 aliphatic heterocycles. The van der Waals surface area contributed by atoms with Crippen LogP contribution in [0.25, 0.3) is 0 Å². The van der Waals surface area contributed by atoms with Gasteiger partial charge in [-0.15, -0.1) is 0 Å². The van der Waals surface area contributed by atoms with E-state index in [4.69, 9.17) is 0 Å². The number of carbonyl (C=O) groups excluding carboxylic acids is 1. The zero-order chi connectivity index (χ0) is 13.3. The van der Waals surface area contributed by atoms with E-state index in [9.17, 15) is 13.2 Å². The number of rotatable bonds is 4. The normalized spacial score (nSPS) is 36.1. The second-order valence-corrected chi connectivity index (χ2v) is 7.55. The van der Waals surface area contributed by atoms with Crippen LogP contribution in [0, 0.1) is 11.8 Å². The fourth-order valence-corrected chi connectivity index (χ4v) is 3.50. The lowest BCUT2D eigenvalue weighted by atomic mass is 9.91. The molecule has 1 amide bonds. The summed E-state index contributed by atoms with van der Waals surface area (Å²) in [4.78, 5) is 11.8. The Morgan fingerprint density at radius 1 is 1.11 bits per heavy atom. The van der Waals surface area contributed by atoms with Crippen molar-refractivity contribution >= 4 is 15.9 Å². The molecule has 0 unspecified atom stereocenters. The molecule has 2 rings (SSSR count). The zero-order valence-electron chi connectivity index (χ0n) is 11.0. The van der Waals surface area contributed by atoms with Gasteiger partial charge in [-0.2, -0.15) is 0 Å². The van der Waals surface area contributed by atoms with E-state index in [0.29, 0.717) is 5.92 Å². The van der Waals surface area contributed by atoms with Gasteiger partial charge >= 0.3 is 0 Å². The summed E-state index contributed by atoms with van der Waals surface area (Å²) in [6.07, 6.45) is 5.53. The van der Waals surface area contributed by atoms with E-state index in [1.165, 1.54) is 6.26 Å². The second kappa shape index (κ2) is 5.17. The lowest BCUT2D eigenvalue weighted by Gasteiger charge is -2.29. The summed E-state index contributed by atoms with van der Waals surface area (Å²) in [6, 6.07) is 0.260. The van der Waals surface area contributed by atoms with Crippen LogP contribution in [0.4, 0.5) is 0 Å². The van der Waals surface area contributed by atoms with Gasteiger partial charge in [-0.25, -0.2) is 13.1 Å². The first-order valence-electron chi connectivity index (χ1n) is 6.63. The molecular weight excluding hydrogens is 252 g/mol. The molecule has 2 aliphatic rings. The van der Waals surface area contributed by atoms with E-state index < -0.39 is 10.0 Å². The van der Waals surface area contributed by atoms with Gasteiger partial charge in [-0.05, 0) is 38.0 Å². The number of sulfonamides is 1. The van der Waals surface area contributed by atoms with Crippen molar-refractivity contribution < 1.29 is 13.2 Å². The van der Waals surface area contributed by atoms with Crippen molar-refractivity contribution in [1.29, 1.82) is 0 Å².